The highest BCUT2D eigenvalue weighted by Crippen LogP contribution is 2.16. The molecule has 0 radical (unpaired) electrons. The Balaban J connectivity index is 2.41. The van der Waals surface area contributed by atoms with Crippen LogP contribution in [0, 0.1) is 0 Å². The Bertz CT molecular complexity index is 503. The van der Waals surface area contributed by atoms with Crippen LogP contribution >= 0.6 is 0 Å². The number of anilines is 1. The van der Waals surface area contributed by atoms with Gasteiger partial charge in [0.25, 0.3) is 0 Å². The molecule has 0 spiro atoms. The molecule has 0 bridgehead atoms. The van der Waals surface area contributed by atoms with Gasteiger partial charge in [0.1, 0.15) is 12.3 Å². The molecule has 0 unspecified atom stereocenters. The molecular weight excluding hydrogens is 305 g/mol. The van der Waals surface area contributed by atoms with Crippen LogP contribution in [-0.2, 0) is 9.53 Å². The maximum Gasteiger partial charge on any atom is 0.405 e. The average Bonchev–Trinajstić information content (AvgIpc) is 2.44. The second kappa shape index (κ2) is 8.11. The van der Waals surface area contributed by atoms with E-state index in [4.69, 9.17) is 4.74 Å². The summed E-state index contributed by atoms with van der Waals surface area (Å²) in [5.74, 6) is -0.162. The van der Waals surface area contributed by atoms with Gasteiger partial charge < -0.3 is 20.1 Å². The second-order valence-corrected chi connectivity index (χ2v) is 4.04. The number of halogens is 3. The van der Waals surface area contributed by atoms with Crippen LogP contribution in [-0.4, -0.2) is 37.9 Å². The molecule has 22 heavy (non-hydrogen) atoms. The Morgan fingerprint density at radius 1 is 1.18 bits per heavy atom. The molecule has 9 heteroatoms. The number of esters is 1. The molecule has 2 amide bonds. The fraction of sp³-hybridized carbons (Fsp3) is 0.385. The van der Waals surface area contributed by atoms with Crippen molar-refractivity contribution in [3.8, 4) is 5.75 Å². The monoisotopic (exact) mass is 320 g/mol. The molecule has 6 nitrogen and oxygen atoms in total. The lowest BCUT2D eigenvalue weighted by Crippen LogP contribution is -2.36. The first-order valence-electron chi connectivity index (χ1n) is 6.30. The van der Waals surface area contributed by atoms with Gasteiger partial charge in [-0.2, -0.15) is 13.2 Å². The van der Waals surface area contributed by atoms with Gasteiger partial charge >= 0.3 is 18.2 Å². The smallest absolute Gasteiger partial charge is 0.405 e. The highest BCUT2D eigenvalue weighted by atomic mass is 19.4. The molecule has 0 saturated heterocycles. The summed E-state index contributed by atoms with van der Waals surface area (Å²) in [6, 6.07) is 4.79. The minimum atomic E-state index is -4.47. The molecule has 1 aromatic carbocycles. The first-order valence-corrected chi connectivity index (χ1v) is 6.30. The highest BCUT2D eigenvalue weighted by Gasteiger charge is 2.27. The number of urea groups is 1. The molecule has 122 valence electrons. The van der Waals surface area contributed by atoms with E-state index < -0.39 is 24.7 Å². The first kappa shape index (κ1) is 17.6. The van der Waals surface area contributed by atoms with Gasteiger partial charge in [-0.15, -0.1) is 0 Å². The molecule has 0 fully saturated rings. The fourth-order valence-corrected chi connectivity index (χ4v) is 1.34. The second-order valence-electron chi connectivity index (χ2n) is 4.04. The zero-order valence-electron chi connectivity index (χ0n) is 11.7. The van der Waals surface area contributed by atoms with Crippen molar-refractivity contribution in [3.05, 3.63) is 24.3 Å². The molecule has 0 atom stereocenters. The van der Waals surface area contributed by atoms with E-state index in [0.29, 0.717) is 5.75 Å². The Morgan fingerprint density at radius 2 is 1.82 bits per heavy atom. The SMILES string of the molecule is CCOC(=O)COc1ccc(NC(=O)NCC(F)(F)F)cc1. The standard InChI is InChI=1S/C13H15F3N2O4/c1-2-21-11(19)7-22-10-5-3-9(4-6-10)18-12(20)17-8-13(14,15)16/h3-6H,2,7-8H2,1H3,(H2,17,18,20). The van der Waals surface area contributed by atoms with Crippen LogP contribution in [0.2, 0.25) is 0 Å². The molecule has 1 rings (SSSR count). The molecule has 2 N–H and O–H groups in total. The van der Waals surface area contributed by atoms with E-state index in [-0.39, 0.29) is 18.9 Å². The van der Waals surface area contributed by atoms with Gasteiger partial charge in [0.2, 0.25) is 0 Å². The number of carbonyl (C=O) groups excluding carboxylic acids is 2. The Morgan fingerprint density at radius 3 is 2.36 bits per heavy atom. The van der Waals surface area contributed by atoms with Gasteiger partial charge in [0.05, 0.1) is 6.61 Å². The third-order valence-corrected chi connectivity index (χ3v) is 2.22. The number of alkyl halides is 3. The Hall–Kier alpha value is -2.45. The summed E-state index contributed by atoms with van der Waals surface area (Å²) < 4.78 is 45.5. The van der Waals surface area contributed by atoms with Gasteiger partial charge in [0.15, 0.2) is 6.61 Å². The van der Waals surface area contributed by atoms with Crippen molar-refractivity contribution in [2.75, 3.05) is 25.1 Å². The zero-order valence-corrected chi connectivity index (χ0v) is 11.7. The molecule has 1 aromatic rings. The van der Waals surface area contributed by atoms with Gasteiger partial charge in [0, 0.05) is 5.69 Å². The minimum absolute atomic E-state index is 0.248. The van der Waals surface area contributed by atoms with Crippen molar-refractivity contribution < 1.29 is 32.2 Å². The third kappa shape index (κ3) is 7.36. The molecule has 0 aromatic heterocycles. The Labute approximate surface area is 124 Å². The van der Waals surface area contributed by atoms with E-state index in [1.54, 1.807) is 12.2 Å². The van der Waals surface area contributed by atoms with E-state index in [0.717, 1.165) is 0 Å². The van der Waals surface area contributed by atoms with Crippen LogP contribution < -0.4 is 15.4 Å². The maximum atomic E-state index is 11.9. The number of carbonyl (C=O) groups is 2. The van der Waals surface area contributed by atoms with Gasteiger partial charge in [-0.1, -0.05) is 0 Å². The number of rotatable bonds is 6. The lowest BCUT2D eigenvalue weighted by Gasteiger charge is -2.10. The largest absolute Gasteiger partial charge is 0.482 e. The average molecular weight is 320 g/mol. The summed E-state index contributed by atoms with van der Waals surface area (Å²) in [6.07, 6.45) is -4.47. The van der Waals surface area contributed by atoms with Crippen LogP contribution in [0.3, 0.4) is 0 Å². The molecule has 0 aliphatic rings. The van der Waals surface area contributed by atoms with E-state index >= 15 is 0 Å². The van der Waals surface area contributed by atoms with Crippen molar-refractivity contribution in [1.29, 1.82) is 0 Å². The molecule has 0 heterocycles. The van der Waals surface area contributed by atoms with Crippen LogP contribution in [0.15, 0.2) is 24.3 Å². The van der Waals surface area contributed by atoms with E-state index in [9.17, 15) is 22.8 Å². The van der Waals surface area contributed by atoms with E-state index in [2.05, 4.69) is 10.1 Å². The lowest BCUT2D eigenvalue weighted by atomic mass is 10.3. The van der Waals surface area contributed by atoms with Gasteiger partial charge in [-0.3, -0.25) is 0 Å². The predicted molar refractivity (Wildman–Crippen MR) is 71.6 cm³/mol. The summed E-state index contributed by atoms with van der Waals surface area (Å²) in [7, 11) is 0. The fourth-order valence-electron chi connectivity index (χ4n) is 1.34. The number of amides is 2. The third-order valence-electron chi connectivity index (χ3n) is 2.22. The minimum Gasteiger partial charge on any atom is -0.482 e. The maximum absolute atomic E-state index is 11.9. The van der Waals surface area contributed by atoms with E-state index in [1.165, 1.54) is 24.3 Å². The van der Waals surface area contributed by atoms with Crippen molar-refractivity contribution in [3.63, 3.8) is 0 Å². The topological polar surface area (TPSA) is 76.7 Å². The summed E-state index contributed by atoms with van der Waals surface area (Å²) in [6.45, 7) is 0.243. The molecule has 0 aliphatic heterocycles. The number of hydrogen-bond donors (Lipinski definition) is 2. The van der Waals surface area contributed by atoms with Crippen LogP contribution in [0.5, 0.6) is 5.75 Å². The Kier molecular flexibility index (Phi) is 6.48. The summed E-state index contributed by atoms with van der Waals surface area (Å²) >= 11 is 0. The molecule has 0 aliphatic carbocycles. The van der Waals surface area contributed by atoms with Crippen LogP contribution in [0.25, 0.3) is 0 Å². The van der Waals surface area contributed by atoms with Crippen LogP contribution in [0.1, 0.15) is 6.92 Å². The number of ether oxygens (including phenoxy) is 2. The highest BCUT2D eigenvalue weighted by molar-refractivity contribution is 5.89. The quantitative estimate of drug-likeness (QED) is 0.789. The van der Waals surface area contributed by atoms with E-state index in [1.807, 2.05) is 0 Å². The normalized spacial score (nSPS) is 10.7. The van der Waals surface area contributed by atoms with Crippen molar-refractivity contribution in [2.45, 2.75) is 13.1 Å². The van der Waals surface area contributed by atoms with Crippen molar-refractivity contribution >= 4 is 17.7 Å². The predicted octanol–water partition coefficient (Wildman–Crippen LogP) is 2.31. The van der Waals surface area contributed by atoms with Gasteiger partial charge in [-0.25, -0.2) is 9.59 Å². The summed E-state index contributed by atoms with van der Waals surface area (Å²) in [4.78, 5) is 22.3. The number of benzene rings is 1. The van der Waals surface area contributed by atoms with Crippen LogP contribution in [0.4, 0.5) is 23.7 Å². The van der Waals surface area contributed by atoms with Crippen molar-refractivity contribution in [2.24, 2.45) is 0 Å². The number of hydrogen-bond acceptors (Lipinski definition) is 4. The van der Waals surface area contributed by atoms with Crippen molar-refractivity contribution in [1.82, 2.24) is 5.32 Å². The first-order chi connectivity index (χ1) is 10.3. The molecule has 0 saturated carbocycles. The summed E-state index contributed by atoms with van der Waals surface area (Å²) in [5, 5.41) is 3.90. The molecular formula is C13H15F3N2O4. The van der Waals surface area contributed by atoms with Gasteiger partial charge in [-0.05, 0) is 31.2 Å². The lowest BCUT2D eigenvalue weighted by molar-refractivity contribution is -0.145. The summed E-state index contributed by atoms with van der Waals surface area (Å²) in [5.41, 5.74) is 0.281. The number of nitrogens with one attached hydrogen (secondary N) is 2. The zero-order chi connectivity index (χ0) is 16.6.